The number of nitrogens with one attached hydrogen (secondary N) is 1. The SMILES string of the molecule is CCCc1nnsc1C(=O)NCCN1CCN(C(=O)c2ccsc2)CC1. The Morgan fingerprint density at radius 1 is 1.27 bits per heavy atom. The molecular weight excluding hydrogens is 370 g/mol. The van der Waals surface area contributed by atoms with Crippen molar-refractivity contribution in [2.75, 3.05) is 39.3 Å². The number of rotatable bonds is 7. The Kier molecular flexibility index (Phi) is 6.70. The van der Waals surface area contributed by atoms with Gasteiger partial charge >= 0.3 is 0 Å². The van der Waals surface area contributed by atoms with Gasteiger partial charge < -0.3 is 10.2 Å². The molecule has 0 aromatic carbocycles. The van der Waals surface area contributed by atoms with Gasteiger partial charge in [-0.15, -0.1) is 5.10 Å². The summed E-state index contributed by atoms with van der Waals surface area (Å²) < 4.78 is 3.89. The number of piperazine rings is 1. The van der Waals surface area contributed by atoms with E-state index in [1.165, 1.54) is 0 Å². The molecule has 3 rings (SSSR count). The van der Waals surface area contributed by atoms with E-state index < -0.39 is 0 Å². The van der Waals surface area contributed by atoms with Crippen LogP contribution in [-0.4, -0.2) is 70.5 Å². The molecule has 0 atom stereocenters. The minimum absolute atomic E-state index is 0.0882. The number of aryl methyl sites for hydroxylation is 1. The molecule has 1 saturated heterocycles. The zero-order valence-electron chi connectivity index (χ0n) is 14.8. The van der Waals surface area contributed by atoms with Gasteiger partial charge in [0.2, 0.25) is 0 Å². The van der Waals surface area contributed by atoms with E-state index in [4.69, 9.17) is 0 Å². The number of hydrogen-bond donors (Lipinski definition) is 1. The zero-order valence-corrected chi connectivity index (χ0v) is 16.4. The van der Waals surface area contributed by atoms with Crippen LogP contribution in [-0.2, 0) is 6.42 Å². The molecule has 2 aromatic heterocycles. The molecule has 0 spiro atoms. The molecule has 0 unspecified atom stereocenters. The molecule has 1 aliphatic rings. The van der Waals surface area contributed by atoms with E-state index in [1.54, 1.807) is 11.3 Å². The van der Waals surface area contributed by atoms with Crippen molar-refractivity contribution in [2.45, 2.75) is 19.8 Å². The normalized spacial score (nSPS) is 15.2. The molecule has 26 heavy (non-hydrogen) atoms. The lowest BCUT2D eigenvalue weighted by Gasteiger charge is -2.34. The average molecular weight is 394 g/mol. The number of carbonyl (C=O) groups excluding carboxylic acids is 2. The summed E-state index contributed by atoms with van der Waals surface area (Å²) in [7, 11) is 0. The van der Waals surface area contributed by atoms with E-state index in [0.29, 0.717) is 11.4 Å². The van der Waals surface area contributed by atoms with Crippen LogP contribution < -0.4 is 5.32 Å². The molecule has 1 N–H and O–H groups in total. The van der Waals surface area contributed by atoms with Crippen molar-refractivity contribution in [1.82, 2.24) is 24.7 Å². The third-order valence-electron chi connectivity index (χ3n) is 4.39. The fraction of sp³-hybridized carbons (Fsp3) is 0.529. The van der Waals surface area contributed by atoms with Crippen LogP contribution in [0.3, 0.4) is 0 Å². The molecule has 2 amide bonds. The molecule has 0 bridgehead atoms. The number of hydrogen-bond acceptors (Lipinski definition) is 7. The molecule has 3 heterocycles. The first-order valence-electron chi connectivity index (χ1n) is 8.82. The number of aromatic nitrogens is 2. The molecule has 140 valence electrons. The van der Waals surface area contributed by atoms with Crippen LogP contribution in [0.1, 0.15) is 39.1 Å². The van der Waals surface area contributed by atoms with Gasteiger partial charge in [0.15, 0.2) is 0 Å². The molecule has 7 nitrogen and oxygen atoms in total. The van der Waals surface area contributed by atoms with Crippen molar-refractivity contribution in [3.63, 3.8) is 0 Å². The molecule has 0 saturated carbocycles. The van der Waals surface area contributed by atoms with Crippen molar-refractivity contribution >= 4 is 34.7 Å². The average Bonchev–Trinajstić information content (AvgIpc) is 3.34. The van der Waals surface area contributed by atoms with Crippen molar-refractivity contribution in [2.24, 2.45) is 0 Å². The topological polar surface area (TPSA) is 78.4 Å². The summed E-state index contributed by atoms with van der Waals surface area (Å²) in [5, 5.41) is 10.8. The number of amides is 2. The van der Waals surface area contributed by atoms with E-state index in [-0.39, 0.29) is 11.8 Å². The quantitative estimate of drug-likeness (QED) is 0.775. The summed E-state index contributed by atoms with van der Waals surface area (Å²) in [6, 6.07) is 1.87. The molecule has 1 fully saturated rings. The Hall–Kier alpha value is -1.84. The van der Waals surface area contributed by atoms with Crippen molar-refractivity contribution in [1.29, 1.82) is 0 Å². The maximum Gasteiger partial charge on any atom is 0.264 e. The van der Waals surface area contributed by atoms with Gasteiger partial charge in [-0.05, 0) is 29.4 Å². The van der Waals surface area contributed by atoms with Crippen LogP contribution in [0.15, 0.2) is 16.8 Å². The fourth-order valence-electron chi connectivity index (χ4n) is 2.93. The van der Waals surface area contributed by atoms with Gasteiger partial charge in [0.1, 0.15) is 4.88 Å². The third-order valence-corrected chi connectivity index (χ3v) is 5.84. The smallest absolute Gasteiger partial charge is 0.264 e. The second-order valence-corrected chi connectivity index (χ2v) is 7.73. The molecular formula is C17H23N5O2S2. The number of nitrogens with zero attached hydrogens (tertiary/aromatic N) is 4. The van der Waals surface area contributed by atoms with Gasteiger partial charge in [-0.25, -0.2) is 0 Å². The summed E-state index contributed by atoms with van der Waals surface area (Å²) in [6.45, 7) is 6.53. The molecule has 9 heteroatoms. The van der Waals surface area contributed by atoms with Crippen LogP contribution in [0.4, 0.5) is 0 Å². The maximum absolute atomic E-state index is 12.3. The first kappa shape index (κ1) is 18.9. The Labute approximate surface area is 161 Å². The van der Waals surface area contributed by atoms with Crippen molar-refractivity contribution in [3.8, 4) is 0 Å². The van der Waals surface area contributed by atoms with Crippen LogP contribution in [0.25, 0.3) is 0 Å². The van der Waals surface area contributed by atoms with E-state index >= 15 is 0 Å². The molecule has 2 aromatic rings. The standard InChI is InChI=1S/C17H23N5O2S2/c1-2-3-14-15(26-20-19-14)16(23)18-5-6-21-7-9-22(10-8-21)17(24)13-4-11-25-12-13/h4,11-12H,2-3,5-10H2,1H3,(H,18,23). The predicted molar refractivity (Wildman–Crippen MR) is 103 cm³/mol. The van der Waals surface area contributed by atoms with E-state index in [2.05, 4.69) is 26.7 Å². The van der Waals surface area contributed by atoms with E-state index in [1.807, 2.05) is 21.7 Å². The highest BCUT2D eigenvalue weighted by atomic mass is 32.1. The first-order chi connectivity index (χ1) is 12.7. The first-order valence-corrected chi connectivity index (χ1v) is 10.5. The summed E-state index contributed by atoms with van der Waals surface area (Å²) in [6.07, 6.45) is 1.72. The Bertz CT molecular complexity index is 723. The van der Waals surface area contributed by atoms with Crippen LogP contribution in [0.2, 0.25) is 0 Å². The fourth-order valence-corrected chi connectivity index (χ4v) is 4.19. The monoisotopic (exact) mass is 393 g/mol. The predicted octanol–water partition coefficient (Wildman–Crippen LogP) is 1.74. The summed E-state index contributed by atoms with van der Waals surface area (Å²) in [5.74, 6) is 0.0232. The second-order valence-electron chi connectivity index (χ2n) is 6.20. The number of carbonyl (C=O) groups is 2. The van der Waals surface area contributed by atoms with E-state index in [9.17, 15) is 9.59 Å². The highest BCUT2D eigenvalue weighted by Crippen LogP contribution is 2.13. The third kappa shape index (κ3) is 4.66. The van der Waals surface area contributed by atoms with Crippen LogP contribution in [0.5, 0.6) is 0 Å². The second kappa shape index (κ2) is 9.20. The highest BCUT2D eigenvalue weighted by molar-refractivity contribution is 7.08. The Balaban J connectivity index is 1.39. The highest BCUT2D eigenvalue weighted by Gasteiger charge is 2.22. The van der Waals surface area contributed by atoms with Crippen LogP contribution in [0, 0.1) is 0 Å². The maximum atomic E-state index is 12.3. The lowest BCUT2D eigenvalue weighted by Crippen LogP contribution is -2.50. The Morgan fingerprint density at radius 2 is 2.08 bits per heavy atom. The minimum Gasteiger partial charge on any atom is -0.350 e. The summed E-state index contributed by atoms with van der Waals surface area (Å²) in [5.41, 5.74) is 1.56. The van der Waals surface area contributed by atoms with Gasteiger partial charge in [0.05, 0.1) is 11.3 Å². The van der Waals surface area contributed by atoms with Crippen LogP contribution >= 0.6 is 22.9 Å². The van der Waals surface area contributed by atoms with Crippen molar-refractivity contribution < 1.29 is 9.59 Å². The summed E-state index contributed by atoms with van der Waals surface area (Å²) in [4.78, 5) is 29.4. The van der Waals surface area contributed by atoms with E-state index in [0.717, 1.165) is 68.4 Å². The van der Waals surface area contributed by atoms with Gasteiger partial charge in [0, 0.05) is 44.6 Å². The molecule has 1 aliphatic heterocycles. The summed E-state index contributed by atoms with van der Waals surface area (Å²) >= 11 is 2.70. The minimum atomic E-state index is -0.0882. The van der Waals surface area contributed by atoms with Gasteiger partial charge in [-0.2, -0.15) is 11.3 Å². The largest absolute Gasteiger partial charge is 0.350 e. The van der Waals surface area contributed by atoms with Gasteiger partial charge in [0.25, 0.3) is 11.8 Å². The molecule has 0 radical (unpaired) electrons. The zero-order chi connectivity index (χ0) is 18.4. The lowest BCUT2D eigenvalue weighted by atomic mass is 10.2. The van der Waals surface area contributed by atoms with Gasteiger partial charge in [-0.1, -0.05) is 17.8 Å². The van der Waals surface area contributed by atoms with Crippen molar-refractivity contribution in [3.05, 3.63) is 33.0 Å². The van der Waals surface area contributed by atoms with Gasteiger partial charge in [-0.3, -0.25) is 14.5 Å². The lowest BCUT2D eigenvalue weighted by molar-refractivity contribution is 0.0638. The molecule has 0 aliphatic carbocycles. The number of thiophene rings is 1. The Morgan fingerprint density at radius 3 is 2.77 bits per heavy atom.